The molecule has 0 saturated heterocycles. The van der Waals surface area contributed by atoms with Crippen molar-refractivity contribution in [2.24, 2.45) is 0 Å². The van der Waals surface area contributed by atoms with Crippen LogP contribution in [0.25, 0.3) is 11.1 Å². The van der Waals surface area contributed by atoms with Crippen molar-refractivity contribution >= 4 is 0 Å². The molecule has 4 rings (SSSR count). The van der Waals surface area contributed by atoms with Gasteiger partial charge in [0.15, 0.2) is 23.9 Å². The molecule has 2 aromatic carbocycles. The topological polar surface area (TPSA) is 9.23 Å². The van der Waals surface area contributed by atoms with Gasteiger partial charge in [-0.2, -0.15) is 0 Å². The molecule has 2 aliphatic carbocycles. The first-order chi connectivity index (χ1) is 14.5. The molecule has 0 bridgehead atoms. The number of allylic oxidation sites excluding steroid dienone is 2. The van der Waals surface area contributed by atoms with Gasteiger partial charge in [-0.05, 0) is 61.3 Å². The zero-order chi connectivity index (χ0) is 21.4. The fourth-order valence-electron chi connectivity index (χ4n) is 4.79. The second kappa shape index (κ2) is 8.44. The normalized spacial score (nSPS) is 22.9. The molecule has 0 saturated carbocycles. The maximum absolute atomic E-state index is 15.5. The Balaban J connectivity index is 1.76. The number of benzene rings is 2. The Labute approximate surface area is 174 Å². The fourth-order valence-corrected chi connectivity index (χ4v) is 4.79. The summed E-state index contributed by atoms with van der Waals surface area (Å²) in [7, 11) is 0. The Morgan fingerprint density at radius 3 is 2.20 bits per heavy atom. The van der Waals surface area contributed by atoms with E-state index in [1.54, 1.807) is 19.1 Å². The van der Waals surface area contributed by atoms with Crippen LogP contribution in [-0.4, -0.2) is 6.61 Å². The van der Waals surface area contributed by atoms with Crippen molar-refractivity contribution in [2.45, 2.75) is 64.2 Å². The third kappa shape index (κ3) is 3.42. The van der Waals surface area contributed by atoms with E-state index in [0.717, 1.165) is 25.7 Å². The van der Waals surface area contributed by atoms with Crippen molar-refractivity contribution in [1.29, 1.82) is 0 Å². The number of ether oxygens (including phenoxy) is 1. The molecule has 0 amide bonds. The zero-order valence-corrected chi connectivity index (χ0v) is 17.3. The van der Waals surface area contributed by atoms with Crippen molar-refractivity contribution in [3.05, 3.63) is 64.2 Å². The van der Waals surface area contributed by atoms with E-state index in [4.69, 9.17) is 4.74 Å². The second-order valence-electron chi connectivity index (χ2n) is 8.09. The van der Waals surface area contributed by atoms with Gasteiger partial charge in [-0.25, -0.2) is 17.6 Å². The molecule has 3 atom stereocenters. The van der Waals surface area contributed by atoms with E-state index in [-0.39, 0.29) is 35.0 Å². The zero-order valence-electron chi connectivity index (χ0n) is 17.3. The molecule has 0 aliphatic heterocycles. The second-order valence-corrected chi connectivity index (χ2v) is 8.09. The fraction of sp³-hybridized carbons (Fsp3) is 0.440. The van der Waals surface area contributed by atoms with Crippen molar-refractivity contribution in [2.75, 3.05) is 6.61 Å². The highest BCUT2D eigenvalue weighted by atomic mass is 19.2. The van der Waals surface area contributed by atoms with Crippen LogP contribution < -0.4 is 4.74 Å². The van der Waals surface area contributed by atoms with Gasteiger partial charge in [0.1, 0.15) is 5.82 Å². The minimum absolute atomic E-state index is 0.0559. The van der Waals surface area contributed by atoms with Crippen LogP contribution in [0.1, 0.15) is 80.9 Å². The summed E-state index contributed by atoms with van der Waals surface area (Å²) in [6.07, 6.45) is 2.13. The Hall–Kier alpha value is -2.30. The molecular formula is C25H26F4O. The molecule has 0 heterocycles. The molecule has 2 aromatic rings. The van der Waals surface area contributed by atoms with E-state index in [1.165, 1.54) is 17.7 Å². The van der Waals surface area contributed by atoms with Crippen LogP contribution in [0.3, 0.4) is 0 Å². The summed E-state index contributed by atoms with van der Waals surface area (Å²) in [5.41, 5.74) is 1.52. The van der Waals surface area contributed by atoms with Gasteiger partial charge in [0, 0.05) is 11.1 Å². The summed E-state index contributed by atoms with van der Waals surface area (Å²) in [6.45, 7) is 4.01. The van der Waals surface area contributed by atoms with Crippen LogP contribution in [0.15, 0.2) is 35.9 Å². The highest BCUT2D eigenvalue weighted by Gasteiger charge is 2.40. The molecule has 30 heavy (non-hydrogen) atoms. The molecule has 2 unspecified atom stereocenters. The van der Waals surface area contributed by atoms with Crippen LogP contribution in [0.2, 0.25) is 0 Å². The van der Waals surface area contributed by atoms with Gasteiger partial charge in [0.05, 0.1) is 6.61 Å². The van der Waals surface area contributed by atoms with Crippen LogP contribution in [0.4, 0.5) is 17.6 Å². The first kappa shape index (κ1) is 21.0. The summed E-state index contributed by atoms with van der Waals surface area (Å²) >= 11 is 0. The van der Waals surface area contributed by atoms with Crippen LogP contribution >= 0.6 is 0 Å². The summed E-state index contributed by atoms with van der Waals surface area (Å²) < 4.78 is 65.5. The van der Waals surface area contributed by atoms with Gasteiger partial charge < -0.3 is 4.74 Å². The minimum atomic E-state index is -2.28. The number of fused-ring (bicyclic) bond motifs is 3. The summed E-state index contributed by atoms with van der Waals surface area (Å²) in [5, 5.41) is 0. The van der Waals surface area contributed by atoms with E-state index in [2.05, 4.69) is 13.0 Å². The molecule has 160 valence electrons. The maximum Gasteiger partial charge on any atom is 0.171 e. The van der Waals surface area contributed by atoms with Gasteiger partial charge in [0.2, 0.25) is 0 Å². The summed E-state index contributed by atoms with van der Waals surface area (Å²) in [5.74, 6) is -1.79. The van der Waals surface area contributed by atoms with Crippen LogP contribution in [0.5, 0.6) is 5.75 Å². The highest BCUT2D eigenvalue weighted by molar-refractivity contribution is 5.76. The number of alkyl halides is 2. The van der Waals surface area contributed by atoms with E-state index in [9.17, 15) is 8.78 Å². The predicted molar refractivity (Wildman–Crippen MR) is 110 cm³/mol. The minimum Gasteiger partial charge on any atom is -0.491 e. The van der Waals surface area contributed by atoms with Gasteiger partial charge >= 0.3 is 0 Å². The largest absolute Gasteiger partial charge is 0.491 e. The lowest BCUT2D eigenvalue weighted by Crippen LogP contribution is -2.17. The lowest BCUT2D eigenvalue weighted by Gasteiger charge is -2.30. The highest BCUT2D eigenvalue weighted by Crippen LogP contribution is 2.52. The molecule has 0 spiro atoms. The lowest BCUT2D eigenvalue weighted by atomic mass is 9.78. The average molecular weight is 418 g/mol. The van der Waals surface area contributed by atoms with Crippen molar-refractivity contribution < 1.29 is 22.3 Å². The third-order valence-electron chi connectivity index (χ3n) is 6.27. The van der Waals surface area contributed by atoms with Crippen LogP contribution in [0, 0.1) is 11.6 Å². The Bertz CT molecular complexity index is 982. The Morgan fingerprint density at radius 2 is 1.60 bits per heavy atom. The summed E-state index contributed by atoms with van der Waals surface area (Å²) in [6, 6.07) is 6.14. The number of halogens is 4. The number of hydrogen-bond acceptors (Lipinski definition) is 1. The Kier molecular flexibility index (Phi) is 5.90. The molecule has 1 nitrogen and oxygen atoms in total. The van der Waals surface area contributed by atoms with Gasteiger partial charge in [-0.3, -0.25) is 0 Å². The first-order valence-electron chi connectivity index (χ1n) is 10.7. The van der Waals surface area contributed by atoms with Gasteiger partial charge in [0.25, 0.3) is 0 Å². The van der Waals surface area contributed by atoms with E-state index < -0.39 is 29.5 Å². The van der Waals surface area contributed by atoms with E-state index in [1.807, 2.05) is 0 Å². The third-order valence-corrected chi connectivity index (χ3v) is 6.27. The molecule has 0 radical (unpaired) electrons. The first-order valence-corrected chi connectivity index (χ1v) is 10.7. The van der Waals surface area contributed by atoms with Crippen molar-refractivity contribution in [1.82, 2.24) is 0 Å². The molecule has 0 fully saturated rings. The maximum atomic E-state index is 15.5. The molecule has 0 N–H and O–H groups in total. The Morgan fingerprint density at radius 1 is 0.933 bits per heavy atom. The smallest absolute Gasteiger partial charge is 0.171 e. The van der Waals surface area contributed by atoms with Crippen molar-refractivity contribution in [3.63, 3.8) is 0 Å². The monoisotopic (exact) mass is 418 g/mol. The molecular weight excluding hydrogens is 392 g/mol. The van der Waals surface area contributed by atoms with Gasteiger partial charge in [-0.1, -0.05) is 43.2 Å². The quantitative estimate of drug-likeness (QED) is 0.352. The molecule has 0 aromatic heterocycles. The summed E-state index contributed by atoms with van der Waals surface area (Å²) in [4.78, 5) is 0. The average Bonchev–Trinajstić information content (AvgIpc) is 2.74. The molecule has 2 aliphatic rings. The SMILES string of the molecule is CCCC1=CCC(c2ccc3c(c2F)C(F)[C@@H](F)c2c-3ccc(OCC)c2F)CC1. The number of rotatable bonds is 5. The standard InChI is InChI=1S/C25H26F4O/c1-3-5-14-6-8-15(9-7-14)16-10-11-17-18-12-13-19(30-4-2)23(27)21(18)25(29)24(28)20(17)22(16)26/h6,10-13,15,24-25H,3-5,7-9H2,1-2H3/t15?,24?,25-/m0/s1. The van der Waals surface area contributed by atoms with Gasteiger partial charge in [-0.15, -0.1) is 0 Å². The van der Waals surface area contributed by atoms with Crippen molar-refractivity contribution in [3.8, 4) is 16.9 Å². The number of hydrogen-bond donors (Lipinski definition) is 0. The predicted octanol–water partition coefficient (Wildman–Crippen LogP) is 8.06. The molecule has 5 heteroatoms. The van der Waals surface area contributed by atoms with E-state index in [0.29, 0.717) is 12.0 Å². The van der Waals surface area contributed by atoms with E-state index >= 15 is 8.78 Å². The van der Waals surface area contributed by atoms with Crippen LogP contribution in [-0.2, 0) is 0 Å². The lowest BCUT2D eigenvalue weighted by molar-refractivity contribution is 0.159.